The van der Waals surface area contributed by atoms with Gasteiger partial charge in [-0.25, -0.2) is 0 Å². The van der Waals surface area contributed by atoms with E-state index in [4.69, 9.17) is 9.26 Å². The number of hydrogen-bond donors (Lipinski definition) is 2. The van der Waals surface area contributed by atoms with E-state index in [0.29, 0.717) is 18.6 Å². The molecular formula is C12H20N2O4. The molecule has 1 aromatic rings. The summed E-state index contributed by atoms with van der Waals surface area (Å²) in [6, 6.07) is 1.60. The molecule has 0 bridgehead atoms. The highest BCUT2D eigenvalue weighted by Gasteiger charge is 2.27. The van der Waals surface area contributed by atoms with Crippen molar-refractivity contribution in [2.24, 2.45) is 0 Å². The molecule has 18 heavy (non-hydrogen) atoms. The van der Waals surface area contributed by atoms with Crippen LogP contribution >= 0.6 is 0 Å². The smallest absolute Gasteiger partial charge is 0.258 e. The molecule has 0 saturated carbocycles. The first-order valence-electron chi connectivity index (χ1n) is 6.03. The highest BCUT2D eigenvalue weighted by Crippen LogP contribution is 2.14. The molecule has 6 nitrogen and oxygen atoms in total. The molecule has 1 rings (SSSR count). The van der Waals surface area contributed by atoms with Crippen LogP contribution in [0.4, 0.5) is 0 Å². The second-order valence-corrected chi connectivity index (χ2v) is 4.26. The Hall–Kier alpha value is -1.56. The number of aliphatic hydroxyl groups excluding tert-OH is 1. The van der Waals surface area contributed by atoms with Gasteiger partial charge in [-0.1, -0.05) is 13.8 Å². The maximum Gasteiger partial charge on any atom is 0.258 e. The molecule has 0 aliphatic rings. The van der Waals surface area contributed by atoms with Crippen molar-refractivity contribution >= 4 is 5.91 Å². The molecule has 0 spiro atoms. The summed E-state index contributed by atoms with van der Waals surface area (Å²) in [6.07, 6.45) is 1.32. The van der Waals surface area contributed by atoms with Crippen LogP contribution in [0.2, 0.25) is 0 Å². The maximum absolute atomic E-state index is 11.7. The molecule has 102 valence electrons. The molecule has 1 amide bonds. The van der Waals surface area contributed by atoms with Gasteiger partial charge in [0.1, 0.15) is 5.76 Å². The van der Waals surface area contributed by atoms with E-state index in [0.717, 1.165) is 0 Å². The Bertz CT molecular complexity index is 377. The van der Waals surface area contributed by atoms with E-state index in [1.54, 1.807) is 13.0 Å². The number of rotatable bonds is 7. The zero-order chi connectivity index (χ0) is 13.6. The Labute approximate surface area is 106 Å². The van der Waals surface area contributed by atoms with Gasteiger partial charge in [-0.2, -0.15) is 0 Å². The minimum absolute atomic E-state index is 0.0885. The van der Waals surface area contributed by atoms with Gasteiger partial charge in [0.25, 0.3) is 11.8 Å². The minimum atomic E-state index is -0.569. The van der Waals surface area contributed by atoms with Gasteiger partial charge in [-0.05, 0) is 24.9 Å². The summed E-state index contributed by atoms with van der Waals surface area (Å²) in [4.78, 5) is 11.7. The maximum atomic E-state index is 11.7. The Morgan fingerprint density at radius 1 is 1.56 bits per heavy atom. The lowest BCUT2D eigenvalue weighted by molar-refractivity contribution is -0.125. The molecule has 0 atom stereocenters. The van der Waals surface area contributed by atoms with Crippen LogP contribution in [-0.2, 0) is 4.79 Å². The largest absolute Gasteiger partial charge is 0.465 e. The Morgan fingerprint density at radius 2 is 2.22 bits per heavy atom. The van der Waals surface area contributed by atoms with Gasteiger partial charge in [0, 0.05) is 6.07 Å². The number of aryl methyl sites for hydroxylation is 1. The fourth-order valence-corrected chi connectivity index (χ4v) is 1.57. The van der Waals surface area contributed by atoms with Crippen molar-refractivity contribution in [2.75, 3.05) is 13.2 Å². The van der Waals surface area contributed by atoms with Crippen molar-refractivity contribution in [1.82, 2.24) is 10.5 Å². The molecular weight excluding hydrogens is 236 g/mol. The molecule has 6 heteroatoms. The number of nitrogens with one attached hydrogen (secondary N) is 1. The van der Waals surface area contributed by atoms with E-state index < -0.39 is 5.54 Å². The van der Waals surface area contributed by atoms with E-state index >= 15 is 0 Å². The number of carbonyl (C=O) groups is 1. The summed E-state index contributed by atoms with van der Waals surface area (Å²) in [5.74, 6) is 0.621. The van der Waals surface area contributed by atoms with Crippen LogP contribution in [0, 0.1) is 6.92 Å². The van der Waals surface area contributed by atoms with Crippen LogP contribution in [0.15, 0.2) is 10.6 Å². The van der Waals surface area contributed by atoms with Gasteiger partial charge >= 0.3 is 0 Å². The predicted octanol–water partition coefficient (Wildman–Crippen LogP) is 1.03. The fourth-order valence-electron chi connectivity index (χ4n) is 1.57. The van der Waals surface area contributed by atoms with Crippen molar-refractivity contribution < 1.29 is 19.2 Å². The first-order chi connectivity index (χ1) is 8.55. The van der Waals surface area contributed by atoms with Crippen molar-refractivity contribution in [1.29, 1.82) is 0 Å². The van der Waals surface area contributed by atoms with Crippen LogP contribution in [0.3, 0.4) is 0 Å². The van der Waals surface area contributed by atoms with Crippen LogP contribution in [0.1, 0.15) is 32.4 Å². The molecule has 0 radical (unpaired) electrons. The third-order valence-corrected chi connectivity index (χ3v) is 3.02. The second-order valence-electron chi connectivity index (χ2n) is 4.26. The van der Waals surface area contributed by atoms with Gasteiger partial charge in [-0.3, -0.25) is 4.79 Å². The van der Waals surface area contributed by atoms with E-state index in [-0.39, 0.29) is 25.0 Å². The first kappa shape index (κ1) is 14.5. The summed E-state index contributed by atoms with van der Waals surface area (Å²) in [6.45, 7) is 5.34. The number of nitrogens with zero attached hydrogens (tertiary/aromatic N) is 1. The number of ether oxygens (including phenoxy) is 1. The highest BCUT2D eigenvalue weighted by atomic mass is 16.5. The molecule has 0 unspecified atom stereocenters. The fraction of sp³-hybridized carbons (Fsp3) is 0.667. The zero-order valence-corrected chi connectivity index (χ0v) is 11.0. The topological polar surface area (TPSA) is 84.6 Å². The predicted molar refractivity (Wildman–Crippen MR) is 65.3 cm³/mol. The second kappa shape index (κ2) is 6.39. The van der Waals surface area contributed by atoms with E-state index in [2.05, 4.69) is 10.5 Å². The third-order valence-electron chi connectivity index (χ3n) is 3.02. The number of amides is 1. The van der Waals surface area contributed by atoms with E-state index in [1.807, 2.05) is 13.8 Å². The molecule has 0 aromatic carbocycles. The Morgan fingerprint density at radius 3 is 2.67 bits per heavy atom. The zero-order valence-electron chi connectivity index (χ0n) is 11.0. The summed E-state index contributed by atoms with van der Waals surface area (Å²) >= 11 is 0. The first-order valence-corrected chi connectivity index (χ1v) is 6.03. The van der Waals surface area contributed by atoms with Gasteiger partial charge in [0.05, 0.1) is 12.1 Å². The number of hydrogen-bond acceptors (Lipinski definition) is 5. The molecule has 0 aliphatic carbocycles. The van der Waals surface area contributed by atoms with Crippen molar-refractivity contribution in [3.05, 3.63) is 11.8 Å². The van der Waals surface area contributed by atoms with E-state index in [1.165, 1.54) is 0 Å². The summed E-state index contributed by atoms with van der Waals surface area (Å²) in [5.41, 5.74) is -0.569. The monoisotopic (exact) mass is 256 g/mol. The average Bonchev–Trinajstić information content (AvgIpc) is 2.80. The van der Waals surface area contributed by atoms with Gasteiger partial charge in [-0.15, -0.1) is 0 Å². The Kier molecular flexibility index (Phi) is 5.15. The standard InChI is InChI=1S/C12H20N2O4/c1-4-12(5-2,8-15)13-10(16)7-17-11-6-9(3)18-14-11/h6,15H,4-5,7-8H2,1-3H3,(H,13,16). The van der Waals surface area contributed by atoms with Gasteiger partial charge in [0.15, 0.2) is 6.61 Å². The average molecular weight is 256 g/mol. The van der Waals surface area contributed by atoms with Crippen molar-refractivity contribution in [2.45, 2.75) is 39.2 Å². The third kappa shape index (κ3) is 3.73. The number of aromatic nitrogens is 1. The van der Waals surface area contributed by atoms with Crippen LogP contribution in [0.5, 0.6) is 5.88 Å². The quantitative estimate of drug-likeness (QED) is 0.761. The molecule has 0 saturated heterocycles. The summed E-state index contributed by atoms with van der Waals surface area (Å²) in [7, 11) is 0. The number of aliphatic hydroxyl groups is 1. The summed E-state index contributed by atoms with van der Waals surface area (Å²) < 4.78 is 9.98. The van der Waals surface area contributed by atoms with Crippen LogP contribution in [-0.4, -0.2) is 34.9 Å². The lowest BCUT2D eigenvalue weighted by atomic mass is 9.94. The molecule has 1 aromatic heterocycles. The lowest BCUT2D eigenvalue weighted by Gasteiger charge is -2.30. The summed E-state index contributed by atoms with van der Waals surface area (Å²) in [5, 5.41) is 15.7. The lowest BCUT2D eigenvalue weighted by Crippen LogP contribution is -2.51. The number of carbonyl (C=O) groups excluding carboxylic acids is 1. The molecule has 0 fully saturated rings. The Balaban J connectivity index is 2.46. The van der Waals surface area contributed by atoms with Crippen molar-refractivity contribution in [3.8, 4) is 5.88 Å². The van der Waals surface area contributed by atoms with Crippen molar-refractivity contribution in [3.63, 3.8) is 0 Å². The van der Waals surface area contributed by atoms with Gasteiger partial charge in [0.2, 0.25) is 0 Å². The highest BCUT2D eigenvalue weighted by molar-refractivity contribution is 5.78. The van der Waals surface area contributed by atoms with E-state index in [9.17, 15) is 9.90 Å². The SMILES string of the molecule is CCC(CC)(CO)NC(=O)COc1cc(C)on1. The normalized spacial score (nSPS) is 11.3. The molecule has 1 heterocycles. The van der Waals surface area contributed by atoms with Crippen LogP contribution < -0.4 is 10.1 Å². The molecule has 2 N–H and O–H groups in total. The minimum Gasteiger partial charge on any atom is -0.465 e. The van der Waals surface area contributed by atoms with Gasteiger partial charge < -0.3 is 19.7 Å². The molecule has 0 aliphatic heterocycles. The van der Waals surface area contributed by atoms with Crippen LogP contribution in [0.25, 0.3) is 0 Å².